The maximum atomic E-state index is 5.83. The fourth-order valence-electron chi connectivity index (χ4n) is 2.74. The van der Waals surface area contributed by atoms with E-state index in [2.05, 4.69) is 24.8 Å². The van der Waals surface area contributed by atoms with Gasteiger partial charge >= 0.3 is 0 Å². The molecule has 0 bridgehead atoms. The molecule has 2 aliphatic rings. The van der Waals surface area contributed by atoms with Crippen LogP contribution in [0.25, 0.3) is 0 Å². The lowest BCUT2D eigenvalue weighted by Crippen LogP contribution is -2.31. The van der Waals surface area contributed by atoms with E-state index in [1.807, 2.05) is 7.05 Å². The molecule has 1 saturated heterocycles. The second-order valence-electron chi connectivity index (χ2n) is 5.67. The van der Waals surface area contributed by atoms with Crippen molar-refractivity contribution in [3.63, 3.8) is 0 Å². The number of aromatic nitrogens is 3. The highest BCUT2D eigenvalue weighted by Gasteiger charge is 2.22. The van der Waals surface area contributed by atoms with Gasteiger partial charge < -0.3 is 15.5 Å². The van der Waals surface area contributed by atoms with Gasteiger partial charge in [-0.1, -0.05) is 6.42 Å². The molecule has 0 radical (unpaired) electrons. The number of hydrogen-bond donors (Lipinski definition) is 1. The number of hydrogen-bond acceptors (Lipinski definition) is 6. The fourth-order valence-corrected chi connectivity index (χ4v) is 2.74. The predicted octanol–water partition coefficient (Wildman–Crippen LogP) is 1.29. The van der Waals surface area contributed by atoms with Crippen molar-refractivity contribution >= 4 is 17.8 Å². The highest BCUT2D eigenvalue weighted by atomic mass is 15.3. The van der Waals surface area contributed by atoms with Gasteiger partial charge in [0.1, 0.15) is 0 Å². The Morgan fingerprint density at radius 2 is 1.89 bits per heavy atom. The van der Waals surface area contributed by atoms with Crippen molar-refractivity contribution in [1.82, 2.24) is 15.0 Å². The molecule has 6 heteroatoms. The molecule has 3 rings (SSSR count). The normalized spacial score (nSPS) is 19.5. The van der Waals surface area contributed by atoms with Gasteiger partial charge in [-0.3, -0.25) is 0 Å². The summed E-state index contributed by atoms with van der Waals surface area (Å²) in [5.41, 5.74) is 5.83. The van der Waals surface area contributed by atoms with Crippen LogP contribution in [0.5, 0.6) is 0 Å². The lowest BCUT2D eigenvalue weighted by atomic mass is 9.85. The van der Waals surface area contributed by atoms with Gasteiger partial charge in [0, 0.05) is 26.7 Å². The Balaban J connectivity index is 1.75. The summed E-state index contributed by atoms with van der Waals surface area (Å²) in [4.78, 5) is 17.4. The molecule has 0 aromatic carbocycles. The monoisotopic (exact) mass is 262 g/mol. The van der Waals surface area contributed by atoms with Crippen LogP contribution >= 0.6 is 0 Å². The van der Waals surface area contributed by atoms with Gasteiger partial charge in [0.25, 0.3) is 0 Å². The van der Waals surface area contributed by atoms with E-state index in [1.54, 1.807) is 0 Å². The summed E-state index contributed by atoms with van der Waals surface area (Å²) in [6, 6.07) is 0. The molecule has 2 N–H and O–H groups in total. The first-order chi connectivity index (χ1) is 9.22. The molecular weight excluding hydrogens is 240 g/mol. The van der Waals surface area contributed by atoms with Crippen LogP contribution in [0.3, 0.4) is 0 Å². The average molecular weight is 262 g/mol. The van der Waals surface area contributed by atoms with E-state index in [9.17, 15) is 0 Å². The summed E-state index contributed by atoms with van der Waals surface area (Å²) < 4.78 is 0. The number of nitrogens with two attached hydrogens (primary N) is 1. The van der Waals surface area contributed by atoms with Crippen LogP contribution in [0.4, 0.5) is 17.8 Å². The highest BCUT2D eigenvalue weighted by Crippen LogP contribution is 2.28. The summed E-state index contributed by atoms with van der Waals surface area (Å²) in [6.07, 6.45) is 6.42. The molecule has 1 aliphatic carbocycles. The summed E-state index contributed by atoms with van der Waals surface area (Å²) in [6.45, 7) is 3.06. The lowest BCUT2D eigenvalue weighted by molar-refractivity contribution is 0.320. The molecule has 2 fully saturated rings. The van der Waals surface area contributed by atoms with Crippen molar-refractivity contribution in [2.75, 3.05) is 42.2 Å². The van der Waals surface area contributed by atoms with Crippen molar-refractivity contribution in [3.05, 3.63) is 0 Å². The van der Waals surface area contributed by atoms with Crippen molar-refractivity contribution in [2.45, 2.75) is 32.1 Å². The lowest BCUT2D eigenvalue weighted by Gasteiger charge is -2.30. The van der Waals surface area contributed by atoms with Gasteiger partial charge in [-0.25, -0.2) is 0 Å². The van der Waals surface area contributed by atoms with Crippen molar-refractivity contribution in [2.24, 2.45) is 5.92 Å². The summed E-state index contributed by atoms with van der Waals surface area (Å²) in [5, 5.41) is 0. The minimum atomic E-state index is 0.326. The molecule has 104 valence electrons. The second kappa shape index (κ2) is 5.19. The van der Waals surface area contributed by atoms with E-state index in [0.717, 1.165) is 31.5 Å². The van der Waals surface area contributed by atoms with Crippen LogP contribution in [0.1, 0.15) is 32.1 Å². The van der Waals surface area contributed by atoms with E-state index in [-0.39, 0.29) is 0 Å². The van der Waals surface area contributed by atoms with E-state index in [0.29, 0.717) is 11.9 Å². The minimum absolute atomic E-state index is 0.326. The molecule has 6 nitrogen and oxygen atoms in total. The third kappa shape index (κ3) is 2.72. The standard InChI is InChI=1S/C13H22N6/c1-18(9-10-5-4-6-10)12-15-11(14)16-13(17-12)19-7-2-3-8-19/h10H,2-9H2,1H3,(H2,14,15,16,17). The van der Waals surface area contributed by atoms with Crippen LogP contribution < -0.4 is 15.5 Å². The zero-order valence-corrected chi connectivity index (χ0v) is 11.5. The molecule has 0 spiro atoms. The van der Waals surface area contributed by atoms with Gasteiger partial charge in [-0.15, -0.1) is 0 Å². The molecule has 0 unspecified atom stereocenters. The molecule has 1 aromatic rings. The molecule has 0 amide bonds. The topological polar surface area (TPSA) is 71.2 Å². The maximum Gasteiger partial charge on any atom is 0.231 e. The highest BCUT2D eigenvalue weighted by molar-refractivity contribution is 5.43. The van der Waals surface area contributed by atoms with Gasteiger partial charge in [-0.05, 0) is 31.6 Å². The Labute approximate surface area is 114 Å². The van der Waals surface area contributed by atoms with Crippen molar-refractivity contribution in [1.29, 1.82) is 0 Å². The minimum Gasteiger partial charge on any atom is -0.368 e. The largest absolute Gasteiger partial charge is 0.368 e. The predicted molar refractivity (Wildman–Crippen MR) is 76.3 cm³/mol. The fraction of sp³-hybridized carbons (Fsp3) is 0.769. The van der Waals surface area contributed by atoms with Gasteiger partial charge in [-0.2, -0.15) is 15.0 Å². The van der Waals surface area contributed by atoms with Crippen molar-refractivity contribution < 1.29 is 0 Å². The number of nitrogens with zero attached hydrogens (tertiary/aromatic N) is 5. The van der Waals surface area contributed by atoms with Crippen molar-refractivity contribution in [3.8, 4) is 0 Å². The van der Waals surface area contributed by atoms with E-state index >= 15 is 0 Å². The zero-order valence-electron chi connectivity index (χ0n) is 11.5. The van der Waals surface area contributed by atoms with Gasteiger partial charge in [0.05, 0.1) is 0 Å². The SMILES string of the molecule is CN(CC1CCC1)c1nc(N)nc(N2CCCC2)n1. The zero-order chi connectivity index (χ0) is 13.2. The molecular formula is C13H22N6. The third-order valence-electron chi connectivity index (χ3n) is 4.12. The molecule has 0 atom stereocenters. The first-order valence-corrected chi connectivity index (χ1v) is 7.20. The van der Waals surface area contributed by atoms with Crippen LogP contribution in [-0.4, -0.2) is 41.6 Å². The Hall–Kier alpha value is -1.59. The Bertz CT molecular complexity index is 439. The molecule has 1 saturated carbocycles. The number of nitrogen functional groups attached to an aromatic ring is 1. The molecule has 19 heavy (non-hydrogen) atoms. The third-order valence-corrected chi connectivity index (χ3v) is 4.12. The smallest absolute Gasteiger partial charge is 0.231 e. The average Bonchev–Trinajstić information content (AvgIpc) is 2.86. The first kappa shape index (κ1) is 12.4. The second-order valence-corrected chi connectivity index (χ2v) is 5.67. The maximum absolute atomic E-state index is 5.83. The molecule has 1 aliphatic heterocycles. The Kier molecular flexibility index (Phi) is 3.40. The van der Waals surface area contributed by atoms with Crippen LogP contribution in [0.15, 0.2) is 0 Å². The summed E-state index contributed by atoms with van der Waals surface area (Å²) in [7, 11) is 2.04. The van der Waals surface area contributed by atoms with Crippen LogP contribution in [0, 0.1) is 5.92 Å². The van der Waals surface area contributed by atoms with E-state index in [1.165, 1.54) is 32.1 Å². The quantitative estimate of drug-likeness (QED) is 0.881. The Morgan fingerprint density at radius 1 is 1.16 bits per heavy atom. The van der Waals surface area contributed by atoms with E-state index in [4.69, 9.17) is 5.73 Å². The number of rotatable bonds is 4. The van der Waals surface area contributed by atoms with E-state index < -0.39 is 0 Å². The van der Waals surface area contributed by atoms with Crippen LogP contribution in [0.2, 0.25) is 0 Å². The first-order valence-electron chi connectivity index (χ1n) is 7.20. The molecule has 2 heterocycles. The van der Waals surface area contributed by atoms with Gasteiger partial charge in [0.15, 0.2) is 0 Å². The summed E-state index contributed by atoms with van der Waals surface area (Å²) >= 11 is 0. The number of anilines is 3. The Morgan fingerprint density at radius 3 is 2.53 bits per heavy atom. The van der Waals surface area contributed by atoms with Gasteiger partial charge in [0.2, 0.25) is 17.8 Å². The van der Waals surface area contributed by atoms with Crippen LogP contribution in [-0.2, 0) is 0 Å². The summed E-state index contributed by atoms with van der Waals surface area (Å²) in [5.74, 6) is 2.56. The molecule has 1 aromatic heterocycles.